The van der Waals surface area contributed by atoms with Gasteiger partial charge in [-0.1, -0.05) is 69.3 Å². The molecular weight excluding hydrogens is 899 g/mol. The zero-order valence-corrected chi connectivity index (χ0v) is 41.1. The highest BCUT2D eigenvalue weighted by Crippen LogP contribution is 2.65. The van der Waals surface area contributed by atoms with Gasteiger partial charge in [-0.3, -0.25) is 14.4 Å². The molecule has 1 amide bonds. The Morgan fingerprint density at radius 1 is 0.913 bits per heavy atom. The number of ketones is 1. The van der Waals surface area contributed by atoms with E-state index in [4.69, 9.17) is 42.6 Å². The van der Waals surface area contributed by atoms with E-state index in [1.807, 2.05) is 0 Å². The van der Waals surface area contributed by atoms with E-state index in [1.165, 1.54) is 33.3 Å². The van der Waals surface area contributed by atoms with Crippen LogP contribution in [-0.2, 0) is 66.6 Å². The van der Waals surface area contributed by atoms with Gasteiger partial charge in [0.25, 0.3) is 0 Å². The number of Topliss-reactive ketones (excluding diaryl/α,β-unsaturated/α-hetero) is 1. The molecule has 0 aromatic heterocycles. The summed E-state index contributed by atoms with van der Waals surface area (Å²) < 4.78 is 53.8. The number of rotatable bonds is 15. The van der Waals surface area contributed by atoms with Crippen molar-refractivity contribution >= 4 is 41.7 Å². The molecular formula is C51H65NO17. The Morgan fingerprint density at radius 3 is 2.10 bits per heavy atom. The van der Waals surface area contributed by atoms with Crippen LogP contribution in [0.2, 0.25) is 0 Å². The van der Waals surface area contributed by atoms with Gasteiger partial charge in [0, 0.05) is 45.8 Å². The lowest BCUT2D eigenvalue weighted by atomic mass is 9.44. The van der Waals surface area contributed by atoms with Crippen LogP contribution in [0.25, 0.3) is 0 Å². The smallest absolute Gasteiger partial charge is 0.408 e. The number of methoxy groups -OCH3 is 2. The van der Waals surface area contributed by atoms with Gasteiger partial charge >= 0.3 is 35.9 Å². The van der Waals surface area contributed by atoms with Crippen LogP contribution in [-0.4, -0.2) is 128 Å². The van der Waals surface area contributed by atoms with Gasteiger partial charge in [0.1, 0.15) is 41.7 Å². The number of hydrogen-bond donors (Lipinski definition) is 2. The van der Waals surface area contributed by atoms with Gasteiger partial charge in [-0.2, -0.15) is 0 Å². The van der Waals surface area contributed by atoms with Crippen molar-refractivity contribution < 1.29 is 81.3 Å². The van der Waals surface area contributed by atoms with Crippen LogP contribution in [0.15, 0.2) is 71.8 Å². The number of fused-ring (bicyclic) bond motifs is 5. The molecule has 4 aliphatic rings. The number of benzene rings is 2. The molecule has 376 valence electrons. The van der Waals surface area contributed by atoms with E-state index in [-0.39, 0.29) is 41.7 Å². The van der Waals surface area contributed by atoms with Gasteiger partial charge in [-0.05, 0) is 69.9 Å². The fourth-order valence-electron chi connectivity index (χ4n) is 10.8. The summed E-state index contributed by atoms with van der Waals surface area (Å²) in [5.74, 6) is -6.64. The van der Waals surface area contributed by atoms with E-state index in [1.54, 1.807) is 104 Å². The molecule has 0 unspecified atom stereocenters. The summed E-state index contributed by atoms with van der Waals surface area (Å²) in [5, 5.41) is 16.6. The number of esters is 5. The Bertz CT molecular complexity index is 2310. The molecule has 2 bridgehead atoms. The lowest BCUT2D eigenvalue weighted by Crippen LogP contribution is -2.82. The maximum absolute atomic E-state index is 15.8. The summed E-state index contributed by atoms with van der Waals surface area (Å²) in [6, 6.07) is 14.6. The second kappa shape index (κ2) is 20.3. The highest BCUT2D eigenvalue weighted by molar-refractivity contribution is 5.94. The first kappa shape index (κ1) is 52.7. The SMILES string of the molecule is CCCC(=O)OCC(=O)O[C@H](C(=O)O[C@@H]1C[C@]2(O)[C@H](OC(=O)c3ccccc3)[C@H]3[C@@]4(OC(C)=O)CO[C@H]4C[C@@H](OC)[C@]3(C)C(=O)[C@@H](OC)C(=C1C)C2(C)C)[C@H](NC(=O)OC(C)(C)C)c1ccccc1. The first-order valence-electron chi connectivity index (χ1n) is 23.1. The van der Waals surface area contributed by atoms with Crippen molar-refractivity contribution in [2.24, 2.45) is 16.7 Å². The van der Waals surface area contributed by atoms with Gasteiger partial charge in [0.15, 0.2) is 18.0 Å². The number of amides is 1. The number of carbonyl (C=O) groups excluding carboxylic acids is 7. The lowest BCUT2D eigenvalue weighted by Gasteiger charge is -2.67. The second-order valence-electron chi connectivity index (χ2n) is 19.9. The van der Waals surface area contributed by atoms with E-state index >= 15 is 9.59 Å². The van der Waals surface area contributed by atoms with E-state index in [9.17, 15) is 29.1 Å². The Kier molecular flexibility index (Phi) is 15.5. The van der Waals surface area contributed by atoms with E-state index in [0.29, 0.717) is 6.42 Å². The minimum absolute atomic E-state index is 0.00884. The second-order valence-corrected chi connectivity index (χ2v) is 19.9. The zero-order valence-electron chi connectivity index (χ0n) is 41.1. The predicted octanol–water partition coefficient (Wildman–Crippen LogP) is 5.46. The van der Waals surface area contributed by atoms with Crippen LogP contribution in [0.3, 0.4) is 0 Å². The van der Waals surface area contributed by atoms with Crippen LogP contribution in [0.5, 0.6) is 0 Å². The van der Waals surface area contributed by atoms with Crippen molar-refractivity contribution in [1.29, 1.82) is 0 Å². The van der Waals surface area contributed by atoms with E-state index < -0.39 is 131 Å². The van der Waals surface area contributed by atoms with Crippen LogP contribution in [0, 0.1) is 16.7 Å². The largest absolute Gasteiger partial charge is 0.455 e. The van der Waals surface area contributed by atoms with Crippen LogP contribution in [0.1, 0.15) is 110 Å². The first-order chi connectivity index (χ1) is 32.4. The molecule has 3 aliphatic carbocycles. The number of nitrogens with one attached hydrogen (secondary N) is 1. The number of alkyl carbamates (subject to hydrolysis) is 1. The Balaban J connectivity index is 1.54. The number of ether oxygens (including phenoxy) is 9. The van der Waals surface area contributed by atoms with Crippen molar-refractivity contribution in [2.45, 2.75) is 147 Å². The van der Waals surface area contributed by atoms with Gasteiger partial charge in [0.2, 0.25) is 6.10 Å². The standard InChI is InChI=1S/C51H65NO17/c1-12-19-35(54)63-26-36(55)66-40(38(30-20-15-13-16-21-30)52-46(59)69-47(4,5)6)45(58)65-32-25-51(60)43(67-44(57)31-22-17-14-18-23-31)41-49(9,42(56)39(62-11)37(28(32)2)48(51,7)8)33(61-10)24-34-50(41,27-64-34)68-29(3)53/h13-18,20-23,32-34,38-41,43,60H,12,19,24-27H2,1-11H3,(H,52,59)/t32-,33-,34+,38-,39+,40+,41-,43-,49+,50-,51+/m1/s1. The first-order valence-corrected chi connectivity index (χ1v) is 23.1. The molecule has 11 atom stereocenters. The topological polar surface area (TPSA) is 235 Å². The monoisotopic (exact) mass is 963 g/mol. The highest BCUT2D eigenvalue weighted by atomic mass is 16.6. The summed E-state index contributed by atoms with van der Waals surface area (Å²) in [7, 11) is 2.74. The van der Waals surface area contributed by atoms with Gasteiger partial charge in [0.05, 0.1) is 29.6 Å². The Hall–Kier alpha value is -5.69. The lowest BCUT2D eigenvalue weighted by molar-refractivity contribution is -0.347. The van der Waals surface area contributed by atoms with Gasteiger partial charge < -0.3 is 53.1 Å². The number of aliphatic hydroxyl groups is 1. The minimum Gasteiger partial charge on any atom is -0.455 e. The molecule has 2 N–H and O–H groups in total. The van der Waals surface area contributed by atoms with Gasteiger partial charge in [-0.25, -0.2) is 19.2 Å². The summed E-state index contributed by atoms with van der Waals surface area (Å²) in [6.45, 7) is 13.3. The highest BCUT2D eigenvalue weighted by Gasteiger charge is 2.78. The molecule has 2 saturated carbocycles. The molecule has 18 nitrogen and oxygen atoms in total. The fourth-order valence-corrected chi connectivity index (χ4v) is 10.8. The predicted molar refractivity (Wildman–Crippen MR) is 243 cm³/mol. The zero-order chi connectivity index (χ0) is 50.9. The maximum Gasteiger partial charge on any atom is 0.408 e. The van der Waals surface area contributed by atoms with Crippen LogP contribution >= 0.6 is 0 Å². The molecule has 1 saturated heterocycles. The number of carbonyl (C=O) groups is 7. The summed E-state index contributed by atoms with van der Waals surface area (Å²) >= 11 is 0. The average molecular weight is 964 g/mol. The Labute approximate surface area is 402 Å². The quantitative estimate of drug-likeness (QED) is 0.128. The van der Waals surface area contributed by atoms with Crippen molar-refractivity contribution in [3.05, 3.63) is 82.9 Å². The Morgan fingerprint density at radius 2 is 1.55 bits per heavy atom. The van der Waals surface area contributed by atoms with Crippen molar-refractivity contribution in [1.82, 2.24) is 5.32 Å². The molecule has 6 rings (SSSR count). The molecule has 2 aromatic rings. The molecule has 0 spiro atoms. The summed E-state index contributed by atoms with van der Waals surface area (Å²) in [5.41, 5.74) is -7.42. The molecule has 3 fully saturated rings. The minimum atomic E-state index is -2.32. The third-order valence-electron chi connectivity index (χ3n) is 14.1. The molecule has 0 radical (unpaired) electrons. The summed E-state index contributed by atoms with van der Waals surface area (Å²) in [4.78, 5) is 97.8. The van der Waals surface area contributed by atoms with Crippen molar-refractivity contribution in [3.63, 3.8) is 0 Å². The van der Waals surface area contributed by atoms with E-state index in [0.717, 1.165) is 0 Å². The van der Waals surface area contributed by atoms with E-state index in [2.05, 4.69) is 5.32 Å². The summed E-state index contributed by atoms with van der Waals surface area (Å²) in [6.07, 6.45) is -9.50. The molecule has 1 heterocycles. The number of hydrogen-bond acceptors (Lipinski definition) is 17. The molecule has 1 aliphatic heterocycles. The average Bonchev–Trinajstić information content (AvgIpc) is 3.28. The van der Waals surface area contributed by atoms with Crippen molar-refractivity contribution in [2.75, 3.05) is 27.4 Å². The van der Waals surface area contributed by atoms with Crippen LogP contribution in [0.4, 0.5) is 4.79 Å². The molecule has 18 heteroatoms. The maximum atomic E-state index is 15.8. The normalized spacial score (nSPS) is 30.0. The third-order valence-corrected chi connectivity index (χ3v) is 14.1. The fraction of sp³-hybridized carbons (Fsp3) is 0.588. The van der Waals surface area contributed by atoms with Crippen LogP contribution < -0.4 is 5.32 Å². The third kappa shape index (κ3) is 10.0. The van der Waals surface area contributed by atoms with Crippen molar-refractivity contribution in [3.8, 4) is 0 Å². The van der Waals surface area contributed by atoms with Gasteiger partial charge in [-0.15, -0.1) is 0 Å². The molecule has 2 aromatic carbocycles. The molecule has 69 heavy (non-hydrogen) atoms.